The summed E-state index contributed by atoms with van der Waals surface area (Å²) in [4.78, 5) is 12.0. The number of phenols is 1. The smallest absolute Gasteiger partial charge is 0.253 e. The Morgan fingerprint density at radius 3 is 2.75 bits per heavy atom. The van der Waals surface area contributed by atoms with Gasteiger partial charge in [-0.2, -0.15) is 0 Å². The number of aromatic hydroxyl groups is 1. The lowest BCUT2D eigenvalue weighted by Gasteiger charge is -2.09. The molecule has 2 rings (SSSR count). The van der Waals surface area contributed by atoms with E-state index in [4.69, 9.17) is 28.9 Å². The third kappa shape index (κ3) is 3.15. The van der Waals surface area contributed by atoms with Gasteiger partial charge in [0, 0.05) is 17.8 Å². The molecule has 0 heterocycles. The number of phenolic OH excluding ortho intramolecular Hbond substituents is 1. The third-order valence-electron chi connectivity index (χ3n) is 2.74. The Bertz CT molecular complexity index is 660. The van der Waals surface area contributed by atoms with Crippen LogP contribution in [-0.2, 0) is 6.54 Å². The number of benzene rings is 2. The van der Waals surface area contributed by atoms with E-state index in [0.717, 1.165) is 0 Å². The lowest BCUT2D eigenvalue weighted by atomic mass is 10.1. The zero-order valence-electron chi connectivity index (χ0n) is 10.4. The molecule has 0 saturated carbocycles. The van der Waals surface area contributed by atoms with Gasteiger partial charge in [0.1, 0.15) is 5.75 Å². The average Bonchev–Trinajstić information content (AvgIpc) is 2.42. The summed E-state index contributed by atoms with van der Waals surface area (Å²) < 4.78 is 0. The van der Waals surface area contributed by atoms with Crippen LogP contribution in [0.4, 0.5) is 5.69 Å². The Kier molecular flexibility index (Phi) is 4.37. The van der Waals surface area contributed by atoms with Crippen LogP contribution in [0.5, 0.6) is 5.75 Å². The molecule has 0 unspecified atom stereocenters. The second-order valence-electron chi connectivity index (χ2n) is 4.17. The van der Waals surface area contributed by atoms with Crippen molar-refractivity contribution in [3.63, 3.8) is 0 Å². The Morgan fingerprint density at radius 1 is 1.25 bits per heavy atom. The molecule has 4 N–H and O–H groups in total. The van der Waals surface area contributed by atoms with Crippen molar-refractivity contribution in [2.24, 2.45) is 0 Å². The van der Waals surface area contributed by atoms with Gasteiger partial charge in [0.2, 0.25) is 0 Å². The molecule has 0 fully saturated rings. The molecule has 0 aliphatic rings. The first kappa shape index (κ1) is 14.5. The Balaban J connectivity index is 2.13. The van der Waals surface area contributed by atoms with E-state index >= 15 is 0 Å². The predicted octanol–water partition coefficient (Wildman–Crippen LogP) is 3.21. The molecule has 0 bridgehead atoms. The number of carbonyl (C=O) groups excluding carboxylic acids is 1. The van der Waals surface area contributed by atoms with Gasteiger partial charge in [-0.3, -0.25) is 4.79 Å². The van der Waals surface area contributed by atoms with E-state index in [1.54, 1.807) is 30.3 Å². The molecular formula is C14H12Cl2N2O2. The number of hydrogen-bond donors (Lipinski definition) is 3. The lowest BCUT2D eigenvalue weighted by molar-refractivity contribution is 0.0951. The van der Waals surface area contributed by atoms with Crippen LogP contribution in [-0.4, -0.2) is 11.0 Å². The van der Waals surface area contributed by atoms with Gasteiger partial charge in [0.05, 0.1) is 15.6 Å². The number of hydrogen-bond acceptors (Lipinski definition) is 3. The Morgan fingerprint density at radius 2 is 2.00 bits per heavy atom. The number of nitrogens with two attached hydrogens (primary N) is 1. The molecule has 0 aliphatic carbocycles. The normalized spacial score (nSPS) is 10.3. The Labute approximate surface area is 126 Å². The highest BCUT2D eigenvalue weighted by atomic mass is 35.5. The van der Waals surface area contributed by atoms with Crippen LogP contribution in [0, 0.1) is 0 Å². The lowest BCUT2D eigenvalue weighted by Crippen LogP contribution is -2.23. The molecule has 0 aromatic heterocycles. The van der Waals surface area contributed by atoms with Gasteiger partial charge < -0.3 is 16.2 Å². The number of carbonyl (C=O) groups is 1. The highest BCUT2D eigenvalue weighted by Crippen LogP contribution is 2.25. The monoisotopic (exact) mass is 310 g/mol. The van der Waals surface area contributed by atoms with Gasteiger partial charge in [-0.15, -0.1) is 0 Å². The number of anilines is 1. The maximum Gasteiger partial charge on any atom is 0.253 e. The summed E-state index contributed by atoms with van der Waals surface area (Å²) in [5.74, 6) is -0.309. The molecule has 0 atom stereocenters. The molecule has 0 spiro atoms. The zero-order valence-corrected chi connectivity index (χ0v) is 11.9. The number of nitrogen functional groups attached to an aromatic ring is 1. The molecule has 20 heavy (non-hydrogen) atoms. The quantitative estimate of drug-likeness (QED) is 0.602. The molecule has 0 radical (unpaired) electrons. The fraction of sp³-hybridized carbons (Fsp3) is 0.0714. The van der Waals surface area contributed by atoms with Crippen molar-refractivity contribution in [3.8, 4) is 5.75 Å². The van der Waals surface area contributed by atoms with E-state index in [0.29, 0.717) is 16.3 Å². The van der Waals surface area contributed by atoms with Gasteiger partial charge >= 0.3 is 0 Å². The van der Waals surface area contributed by atoms with E-state index < -0.39 is 0 Å². The van der Waals surface area contributed by atoms with Gasteiger partial charge in [0.15, 0.2) is 0 Å². The van der Waals surface area contributed by atoms with Crippen LogP contribution in [0.2, 0.25) is 10.0 Å². The van der Waals surface area contributed by atoms with Crippen molar-refractivity contribution >= 4 is 34.8 Å². The van der Waals surface area contributed by atoms with Gasteiger partial charge in [-0.1, -0.05) is 29.3 Å². The largest absolute Gasteiger partial charge is 0.508 e. The summed E-state index contributed by atoms with van der Waals surface area (Å²) >= 11 is 11.8. The van der Waals surface area contributed by atoms with Crippen molar-refractivity contribution in [1.29, 1.82) is 0 Å². The minimum absolute atomic E-state index is 0.0664. The fourth-order valence-electron chi connectivity index (χ4n) is 1.70. The van der Waals surface area contributed by atoms with Crippen LogP contribution in [0.3, 0.4) is 0 Å². The molecule has 4 nitrogen and oxygen atoms in total. The number of rotatable bonds is 3. The molecule has 104 valence electrons. The van der Waals surface area contributed by atoms with Gasteiger partial charge in [-0.25, -0.2) is 0 Å². The number of nitrogens with one attached hydrogen (secondary N) is 1. The minimum Gasteiger partial charge on any atom is -0.508 e. The van der Waals surface area contributed by atoms with Crippen LogP contribution in [0.25, 0.3) is 0 Å². The SMILES string of the molecule is Nc1ccc(O)c(CNC(=O)c2cccc(Cl)c2Cl)c1. The van der Waals surface area contributed by atoms with Crippen molar-refractivity contribution in [1.82, 2.24) is 5.32 Å². The van der Waals surface area contributed by atoms with E-state index in [-0.39, 0.29) is 28.8 Å². The molecular weight excluding hydrogens is 299 g/mol. The standard InChI is InChI=1S/C14H12Cl2N2O2/c15-11-3-1-2-10(13(11)16)14(20)18-7-8-6-9(17)4-5-12(8)19/h1-6,19H,7,17H2,(H,18,20). The summed E-state index contributed by atoms with van der Waals surface area (Å²) in [7, 11) is 0. The van der Waals surface area contributed by atoms with Crippen molar-refractivity contribution < 1.29 is 9.90 Å². The van der Waals surface area contributed by atoms with Crippen LogP contribution in [0.15, 0.2) is 36.4 Å². The molecule has 6 heteroatoms. The molecule has 0 saturated heterocycles. The van der Waals surface area contributed by atoms with Crippen molar-refractivity contribution in [2.45, 2.75) is 6.54 Å². The van der Waals surface area contributed by atoms with Crippen LogP contribution < -0.4 is 11.1 Å². The predicted molar refractivity (Wildman–Crippen MR) is 80.2 cm³/mol. The van der Waals surface area contributed by atoms with E-state index in [9.17, 15) is 9.90 Å². The first-order valence-electron chi connectivity index (χ1n) is 5.78. The van der Waals surface area contributed by atoms with Gasteiger partial charge in [0.25, 0.3) is 5.91 Å². The van der Waals surface area contributed by atoms with E-state index in [2.05, 4.69) is 5.32 Å². The highest BCUT2D eigenvalue weighted by Gasteiger charge is 2.13. The maximum atomic E-state index is 12.0. The van der Waals surface area contributed by atoms with E-state index in [1.807, 2.05) is 0 Å². The molecule has 2 aromatic carbocycles. The Hall–Kier alpha value is -1.91. The average molecular weight is 311 g/mol. The second kappa shape index (κ2) is 6.03. The highest BCUT2D eigenvalue weighted by molar-refractivity contribution is 6.43. The van der Waals surface area contributed by atoms with Crippen LogP contribution in [0.1, 0.15) is 15.9 Å². The molecule has 2 aromatic rings. The van der Waals surface area contributed by atoms with Crippen LogP contribution >= 0.6 is 23.2 Å². The molecule has 0 aliphatic heterocycles. The van der Waals surface area contributed by atoms with Crippen molar-refractivity contribution in [2.75, 3.05) is 5.73 Å². The minimum atomic E-state index is -0.376. The third-order valence-corrected chi connectivity index (χ3v) is 3.56. The molecule has 1 amide bonds. The van der Waals surface area contributed by atoms with E-state index in [1.165, 1.54) is 6.07 Å². The fourth-order valence-corrected chi connectivity index (χ4v) is 2.08. The number of halogens is 2. The zero-order chi connectivity index (χ0) is 14.7. The summed E-state index contributed by atoms with van der Waals surface area (Å²) in [5, 5.41) is 12.8. The second-order valence-corrected chi connectivity index (χ2v) is 4.96. The first-order valence-corrected chi connectivity index (χ1v) is 6.54. The topological polar surface area (TPSA) is 75.3 Å². The van der Waals surface area contributed by atoms with Crippen molar-refractivity contribution in [3.05, 3.63) is 57.6 Å². The summed E-state index contributed by atoms with van der Waals surface area (Å²) in [6, 6.07) is 9.46. The summed E-state index contributed by atoms with van der Waals surface area (Å²) in [5.41, 5.74) is 6.94. The summed E-state index contributed by atoms with van der Waals surface area (Å²) in [6.07, 6.45) is 0. The summed E-state index contributed by atoms with van der Waals surface area (Å²) in [6.45, 7) is 0.137. The maximum absolute atomic E-state index is 12.0. The number of amides is 1. The first-order chi connectivity index (χ1) is 9.49. The van der Waals surface area contributed by atoms with Gasteiger partial charge in [-0.05, 0) is 30.3 Å².